The molecule has 5 nitrogen and oxygen atoms in total. The fraction of sp³-hybridized carbons (Fsp3) is 0.458. The van der Waals surface area contributed by atoms with Crippen LogP contribution in [0.4, 0.5) is 0 Å². The molecular formula is C24H27ClN2O3. The predicted molar refractivity (Wildman–Crippen MR) is 116 cm³/mol. The average Bonchev–Trinajstić information content (AvgIpc) is 3.03. The van der Waals surface area contributed by atoms with Gasteiger partial charge in [0.25, 0.3) is 5.91 Å². The maximum Gasteiger partial charge on any atom is 0.254 e. The lowest BCUT2D eigenvalue weighted by atomic mass is 9.90. The van der Waals surface area contributed by atoms with Crippen molar-refractivity contribution in [3.63, 3.8) is 0 Å². The highest BCUT2D eigenvalue weighted by molar-refractivity contribution is 6.30. The number of fused-ring (bicyclic) bond motifs is 3. The van der Waals surface area contributed by atoms with Gasteiger partial charge in [-0.1, -0.05) is 29.8 Å². The molecule has 3 heterocycles. The van der Waals surface area contributed by atoms with Gasteiger partial charge in [-0.2, -0.15) is 0 Å². The lowest BCUT2D eigenvalue weighted by Gasteiger charge is -2.39. The summed E-state index contributed by atoms with van der Waals surface area (Å²) in [5.74, 6) is 2.25. The summed E-state index contributed by atoms with van der Waals surface area (Å²) >= 11 is 6.06. The molecule has 6 heteroatoms. The average molecular weight is 427 g/mol. The first-order chi connectivity index (χ1) is 14.7. The minimum Gasteiger partial charge on any atom is -0.486 e. The lowest BCUT2D eigenvalue weighted by molar-refractivity contribution is 0.0515. The van der Waals surface area contributed by atoms with Crippen molar-refractivity contribution in [2.24, 2.45) is 5.92 Å². The van der Waals surface area contributed by atoms with Crippen molar-refractivity contribution in [2.75, 3.05) is 19.7 Å². The van der Waals surface area contributed by atoms with E-state index in [0.29, 0.717) is 35.4 Å². The minimum atomic E-state index is -0.0209. The zero-order valence-corrected chi connectivity index (χ0v) is 17.7. The second-order valence-electron chi connectivity index (χ2n) is 8.60. The number of hydrogen-bond donors (Lipinski definition) is 1. The predicted octanol–water partition coefficient (Wildman–Crippen LogP) is 4.15. The number of carbonyl (C=O) groups excluding carboxylic acids is 1. The number of nitrogens with one attached hydrogen (secondary N) is 1. The highest BCUT2D eigenvalue weighted by Gasteiger charge is 2.43. The molecule has 3 aliphatic rings. The fourth-order valence-corrected chi connectivity index (χ4v) is 5.32. The van der Waals surface area contributed by atoms with Crippen molar-refractivity contribution < 1.29 is 14.3 Å². The summed E-state index contributed by atoms with van der Waals surface area (Å²) in [7, 11) is 0. The van der Waals surface area contributed by atoms with Crippen LogP contribution in [-0.4, -0.2) is 48.7 Å². The summed E-state index contributed by atoms with van der Waals surface area (Å²) in [6.07, 6.45) is 4.37. The van der Waals surface area contributed by atoms with E-state index in [-0.39, 0.29) is 12.0 Å². The molecule has 4 atom stereocenters. The van der Waals surface area contributed by atoms with Crippen molar-refractivity contribution >= 4 is 17.5 Å². The number of hydrogen-bond acceptors (Lipinski definition) is 4. The molecule has 2 bridgehead atoms. The van der Waals surface area contributed by atoms with Crippen LogP contribution >= 0.6 is 11.6 Å². The zero-order valence-electron chi connectivity index (χ0n) is 16.9. The Labute approximate surface area is 182 Å². The molecule has 0 aromatic heterocycles. The quantitative estimate of drug-likeness (QED) is 0.780. The molecule has 1 N–H and O–H groups in total. The van der Waals surface area contributed by atoms with E-state index >= 15 is 0 Å². The van der Waals surface area contributed by atoms with Gasteiger partial charge in [0.15, 0.2) is 11.5 Å². The number of ether oxygens (including phenoxy) is 2. The lowest BCUT2D eigenvalue weighted by Crippen LogP contribution is -2.48. The van der Waals surface area contributed by atoms with E-state index < -0.39 is 0 Å². The van der Waals surface area contributed by atoms with E-state index in [1.807, 2.05) is 42.5 Å². The Kier molecular flexibility index (Phi) is 5.57. The van der Waals surface area contributed by atoms with Crippen molar-refractivity contribution in [3.8, 4) is 11.5 Å². The Morgan fingerprint density at radius 2 is 1.80 bits per heavy atom. The Morgan fingerprint density at radius 3 is 2.57 bits per heavy atom. The van der Waals surface area contributed by atoms with Gasteiger partial charge in [0.05, 0.1) is 0 Å². The number of rotatable bonds is 5. The largest absolute Gasteiger partial charge is 0.486 e. The summed E-state index contributed by atoms with van der Waals surface area (Å²) in [6, 6.07) is 15.9. The molecule has 1 amide bonds. The van der Waals surface area contributed by atoms with Crippen molar-refractivity contribution in [3.05, 3.63) is 59.1 Å². The molecule has 2 aromatic rings. The van der Waals surface area contributed by atoms with Gasteiger partial charge in [0.2, 0.25) is 0 Å². The highest BCUT2D eigenvalue weighted by Crippen LogP contribution is 2.39. The molecule has 2 saturated heterocycles. The summed E-state index contributed by atoms with van der Waals surface area (Å²) < 4.78 is 11.8. The molecule has 0 aliphatic carbocycles. The van der Waals surface area contributed by atoms with Crippen LogP contribution in [0.2, 0.25) is 5.02 Å². The Balaban J connectivity index is 1.12. The molecule has 0 radical (unpaired) electrons. The van der Waals surface area contributed by atoms with Gasteiger partial charge in [-0.3, -0.25) is 4.79 Å². The van der Waals surface area contributed by atoms with Crippen molar-refractivity contribution in [2.45, 2.75) is 43.9 Å². The number of carbonyl (C=O) groups is 1. The topological polar surface area (TPSA) is 50.8 Å². The van der Waals surface area contributed by atoms with E-state index in [2.05, 4.69) is 10.2 Å². The molecular weight excluding hydrogens is 400 g/mol. The molecule has 30 heavy (non-hydrogen) atoms. The second kappa shape index (κ2) is 8.48. The maximum absolute atomic E-state index is 13.0. The van der Waals surface area contributed by atoms with E-state index in [1.54, 1.807) is 6.07 Å². The van der Waals surface area contributed by atoms with E-state index in [4.69, 9.17) is 21.1 Å². The van der Waals surface area contributed by atoms with E-state index in [1.165, 1.54) is 0 Å². The van der Waals surface area contributed by atoms with Crippen LogP contribution in [0.1, 0.15) is 36.0 Å². The van der Waals surface area contributed by atoms with Gasteiger partial charge in [0.1, 0.15) is 12.7 Å². The molecule has 0 spiro atoms. The SMILES string of the molecule is O=C(c1ccccc1)N1[C@@H]2CC[C@H]1CC(CNC[C@H]1COc3ccc(Cl)cc3O1)C2. The van der Waals surface area contributed by atoms with Crippen LogP contribution in [-0.2, 0) is 0 Å². The third-order valence-corrected chi connectivity index (χ3v) is 6.75. The second-order valence-corrected chi connectivity index (χ2v) is 9.04. The van der Waals surface area contributed by atoms with Gasteiger partial charge >= 0.3 is 0 Å². The van der Waals surface area contributed by atoms with Crippen LogP contribution in [0.15, 0.2) is 48.5 Å². The first-order valence-corrected chi connectivity index (χ1v) is 11.2. The Hall–Kier alpha value is -2.24. The highest BCUT2D eigenvalue weighted by atomic mass is 35.5. The molecule has 158 valence electrons. The molecule has 3 aliphatic heterocycles. The molecule has 2 fully saturated rings. The first-order valence-electron chi connectivity index (χ1n) is 10.8. The van der Waals surface area contributed by atoms with E-state index in [9.17, 15) is 4.79 Å². The van der Waals surface area contributed by atoms with Crippen molar-refractivity contribution in [1.29, 1.82) is 0 Å². The third-order valence-electron chi connectivity index (χ3n) is 6.52. The normalized spacial score (nSPS) is 27.2. The van der Waals surface area contributed by atoms with Gasteiger partial charge in [-0.25, -0.2) is 0 Å². The molecule has 0 saturated carbocycles. The van der Waals surface area contributed by atoms with Crippen LogP contribution in [0.25, 0.3) is 0 Å². The zero-order chi connectivity index (χ0) is 20.5. The Bertz CT molecular complexity index is 893. The molecule has 2 aromatic carbocycles. The third kappa shape index (κ3) is 4.01. The van der Waals surface area contributed by atoms with Gasteiger partial charge in [-0.15, -0.1) is 0 Å². The Morgan fingerprint density at radius 1 is 1.03 bits per heavy atom. The van der Waals surface area contributed by atoms with E-state index in [0.717, 1.165) is 50.1 Å². The maximum atomic E-state index is 13.0. The molecule has 1 unspecified atom stereocenters. The van der Waals surface area contributed by atoms with Crippen molar-refractivity contribution in [1.82, 2.24) is 10.2 Å². The summed E-state index contributed by atoms with van der Waals surface area (Å²) in [4.78, 5) is 15.1. The number of benzene rings is 2. The van der Waals surface area contributed by atoms with Gasteiger partial charge < -0.3 is 19.7 Å². The minimum absolute atomic E-state index is 0.0209. The van der Waals surface area contributed by atoms with Crippen LogP contribution in [0.5, 0.6) is 11.5 Å². The number of halogens is 1. The fourth-order valence-electron chi connectivity index (χ4n) is 5.16. The number of amides is 1. The number of nitrogens with zero attached hydrogens (tertiary/aromatic N) is 1. The standard InChI is InChI=1S/C24H27ClN2O3/c25-18-6-9-22-23(12-18)30-21(15-29-22)14-26-13-16-10-19-7-8-20(11-16)27(19)24(28)17-4-2-1-3-5-17/h1-6,9,12,16,19-21,26H,7-8,10-11,13-15H2/t16?,19-,20+,21-/m0/s1. The smallest absolute Gasteiger partial charge is 0.254 e. The first kappa shape index (κ1) is 19.7. The summed E-state index contributed by atoms with van der Waals surface area (Å²) in [5, 5.41) is 4.22. The number of piperidine rings is 1. The van der Waals surface area contributed by atoms with Crippen LogP contribution in [0, 0.1) is 5.92 Å². The molecule has 5 rings (SSSR count). The van der Waals surface area contributed by atoms with Gasteiger partial charge in [-0.05, 0) is 62.4 Å². The van der Waals surface area contributed by atoms with Crippen LogP contribution in [0.3, 0.4) is 0 Å². The summed E-state index contributed by atoms with van der Waals surface area (Å²) in [6.45, 7) is 2.23. The van der Waals surface area contributed by atoms with Crippen LogP contribution < -0.4 is 14.8 Å². The van der Waals surface area contributed by atoms with Gasteiger partial charge in [0, 0.05) is 35.3 Å². The monoisotopic (exact) mass is 426 g/mol. The summed E-state index contributed by atoms with van der Waals surface area (Å²) in [5.41, 5.74) is 0.806.